The number of carbonyl (C=O) groups is 2. The minimum absolute atomic E-state index is 0. The number of hydrogen-bond donors (Lipinski definition) is 4. The quantitative estimate of drug-likeness (QED) is 0.469. The van der Waals surface area contributed by atoms with E-state index in [-0.39, 0.29) is 25.1 Å². The van der Waals surface area contributed by atoms with Gasteiger partial charge in [0.25, 0.3) is 0 Å². The van der Waals surface area contributed by atoms with Crippen molar-refractivity contribution in [3.05, 3.63) is 12.2 Å². The van der Waals surface area contributed by atoms with Gasteiger partial charge in [-0.15, -0.1) is 0 Å². The first-order valence-corrected chi connectivity index (χ1v) is 2.71. The number of carboxylic acid groups (broad SMARTS) is 2. The molecule has 0 aliphatic heterocycles. The largest absolute Gasteiger partial charge is 0.481 e. The van der Waals surface area contributed by atoms with Crippen molar-refractivity contribution in [2.45, 2.75) is 12.8 Å². The Hall–Kier alpha value is -1.40. The minimum atomic E-state index is -0.957. The highest BCUT2D eigenvalue weighted by atomic mass is 16.4. The molecule has 0 spiro atoms. The van der Waals surface area contributed by atoms with E-state index in [1.165, 1.54) is 12.2 Å². The average Bonchev–Trinajstić information content (AvgIpc) is 1.79. The highest BCUT2D eigenvalue weighted by molar-refractivity contribution is 5.70. The molecule has 12 heavy (non-hydrogen) atoms. The average molecular weight is 178 g/mol. The first-order chi connectivity index (χ1) is 4.63. The van der Waals surface area contributed by atoms with Crippen LogP contribution < -0.4 is 12.3 Å². The van der Waals surface area contributed by atoms with Gasteiger partial charge in [-0.05, 0) is 0 Å². The van der Waals surface area contributed by atoms with Crippen molar-refractivity contribution < 1.29 is 19.8 Å². The van der Waals surface area contributed by atoms with Gasteiger partial charge in [0.15, 0.2) is 0 Å². The Kier molecular flexibility index (Phi) is 13.5. The molecule has 0 atom stereocenters. The van der Waals surface area contributed by atoms with Crippen molar-refractivity contribution in [1.29, 1.82) is 0 Å². The number of aliphatic carboxylic acids is 2. The molecule has 0 saturated heterocycles. The first-order valence-electron chi connectivity index (χ1n) is 2.71. The summed E-state index contributed by atoms with van der Waals surface area (Å²) in [6.45, 7) is 0. The molecule has 0 unspecified atom stereocenters. The van der Waals surface area contributed by atoms with E-state index in [9.17, 15) is 9.59 Å². The van der Waals surface area contributed by atoms with Crippen LogP contribution in [-0.4, -0.2) is 22.2 Å². The molecule has 0 fully saturated rings. The minimum Gasteiger partial charge on any atom is -0.481 e. The fraction of sp³-hybridized carbons (Fsp3) is 0.333. The Morgan fingerprint density at radius 2 is 1.17 bits per heavy atom. The van der Waals surface area contributed by atoms with Crippen LogP contribution in [-0.2, 0) is 9.59 Å². The summed E-state index contributed by atoms with van der Waals surface area (Å²) in [5.74, 6) is -1.91. The molecule has 0 aromatic carbocycles. The summed E-state index contributed by atoms with van der Waals surface area (Å²) in [4.78, 5) is 19.7. The van der Waals surface area contributed by atoms with Crippen LogP contribution in [0.5, 0.6) is 0 Å². The lowest BCUT2D eigenvalue weighted by atomic mass is 10.3. The molecule has 0 bridgehead atoms. The fourth-order valence-corrected chi connectivity index (χ4v) is 0.368. The lowest BCUT2D eigenvalue weighted by Crippen LogP contribution is -1.92. The predicted octanol–water partition coefficient (Wildman–Crippen LogP) is 0.816. The van der Waals surface area contributed by atoms with E-state index in [1.54, 1.807) is 0 Å². The standard InChI is InChI=1S/C6H8O4.2H3N/c7-5(8)3-1-2-4-6(9)10;;/h1-2H,3-4H2,(H,7,8)(H,9,10);2*1H3/b2-1+;;. The van der Waals surface area contributed by atoms with Gasteiger partial charge in [-0.3, -0.25) is 9.59 Å². The maximum Gasteiger partial charge on any atom is 0.307 e. The molecular weight excluding hydrogens is 164 g/mol. The van der Waals surface area contributed by atoms with Crippen molar-refractivity contribution in [2.75, 3.05) is 0 Å². The van der Waals surface area contributed by atoms with E-state index in [4.69, 9.17) is 10.2 Å². The first kappa shape index (κ1) is 16.9. The molecule has 0 aliphatic carbocycles. The van der Waals surface area contributed by atoms with E-state index >= 15 is 0 Å². The van der Waals surface area contributed by atoms with Crippen molar-refractivity contribution in [1.82, 2.24) is 12.3 Å². The van der Waals surface area contributed by atoms with Gasteiger partial charge in [-0.1, -0.05) is 12.2 Å². The fourth-order valence-electron chi connectivity index (χ4n) is 0.368. The van der Waals surface area contributed by atoms with Crippen molar-refractivity contribution in [3.8, 4) is 0 Å². The van der Waals surface area contributed by atoms with E-state index in [1.807, 2.05) is 0 Å². The number of hydrogen-bond acceptors (Lipinski definition) is 4. The van der Waals surface area contributed by atoms with Crippen LogP contribution >= 0.6 is 0 Å². The van der Waals surface area contributed by atoms with Gasteiger partial charge < -0.3 is 22.5 Å². The SMILES string of the molecule is N.N.O=C(O)C/C=C/CC(=O)O. The van der Waals surface area contributed by atoms with Crippen molar-refractivity contribution in [2.24, 2.45) is 0 Å². The van der Waals surface area contributed by atoms with Crippen LogP contribution in [0.15, 0.2) is 12.2 Å². The van der Waals surface area contributed by atoms with Crippen LogP contribution in [0, 0.1) is 0 Å². The maximum absolute atomic E-state index is 9.85. The molecule has 6 heteroatoms. The van der Waals surface area contributed by atoms with Crippen molar-refractivity contribution >= 4 is 11.9 Å². The lowest BCUT2D eigenvalue weighted by molar-refractivity contribution is -0.137. The Morgan fingerprint density at radius 3 is 1.33 bits per heavy atom. The monoisotopic (exact) mass is 178 g/mol. The molecule has 0 aromatic heterocycles. The topological polar surface area (TPSA) is 145 Å². The normalized spacial score (nSPS) is 8.33. The zero-order chi connectivity index (χ0) is 7.98. The zero-order valence-corrected chi connectivity index (χ0v) is 6.69. The molecule has 72 valence electrons. The Balaban J connectivity index is -0.000000405. The van der Waals surface area contributed by atoms with Crippen LogP contribution in [0.1, 0.15) is 12.8 Å². The maximum atomic E-state index is 9.85. The van der Waals surface area contributed by atoms with Crippen LogP contribution in [0.2, 0.25) is 0 Å². The van der Waals surface area contributed by atoms with Gasteiger partial charge >= 0.3 is 11.9 Å². The van der Waals surface area contributed by atoms with Crippen LogP contribution in [0.3, 0.4) is 0 Å². The molecule has 0 amide bonds. The van der Waals surface area contributed by atoms with Gasteiger partial charge in [-0.25, -0.2) is 0 Å². The summed E-state index contributed by atoms with van der Waals surface area (Å²) in [7, 11) is 0. The second kappa shape index (κ2) is 9.60. The third-order valence-electron chi connectivity index (χ3n) is 0.752. The molecular formula is C6H14N2O4. The number of carboxylic acids is 2. The lowest BCUT2D eigenvalue weighted by Gasteiger charge is -1.83. The van der Waals surface area contributed by atoms with Crippen LogP contribution in [0.4, 0.5) is 0 Å². The number of rotatable bonds is 4. The van der Waals surface area contributed by atoms with Gasteiger partial charge in [0.2, 0.25) is 0 Å². The smallest absolute Gasteiger partial charge is 0.307 e. The molecule has 0 aliphatic rings. The molecule has 0 saturated carbocycles. The van der Waals surface area contributed by atoms with Gasteiger partial charge in [0.05, 0.1) is 12.8 Å². The summed E-state index contributed by atoms with van der Waals surface area (Å²) in [5, 5.41) is 16.2. The summed E-state index contributed by atoms with van der Waals surface area (Å²) in [6, 6.07) is 0. The highest BCUT2D eigenvalue weighted by Crippen LogP contribution is 1.86. The summed E-state index contributed by atoms with van der Waals surface area (Å²) < 4.78 is 0. The summed E-state index contributed by atoms with van der Waals surface area (Å²) in [5.41, 5.74) is 0. The van der Waals surface area contributed by atoms with Gasteiger partial charge in [0.1, 0.15) is 0 Å². The van der Waals surface area contributed by atoms with E-state index in [0.29, 0.717) is 0 Å². The molecule has 0 rings (SSSR count). The van der Waals surface area contributed by atoms with Gasteiger partial charge in [-0.2, -0.15) is 0 Å². The third-order valence-corrected chi connectivity index (χ3v) is 0.752. The van der Waals surface area contributed by atoms with Gasteiger partial charge in [0, 0.05) is 0 Å². The summed E-state index contributed by atoms with van der Waals surface area (Å²) >= 11 is 0. The Morgan fingerprint density at radius 1 is 0.917 bits per heavy atom. The van der Waals surface area contributed by atoms with E-state index < -0.39 is 11.9 Å². The second-order valence-electron chi connectivity index (χ2n) is 1.67. The molecule has 0 heterocycles. The predicted molar refractivity (Wildman–Crippen MR) is 43.7 cm³/mol. The molecule has 0 radical (unpaired) electrons. The highest BCUT2D eigenvalue weighted by Gasteiger charge is 1.91. The Bertz CT molecular complexity index is 149. The molecule has 6 nitrogen and oxygen atoms in total. The second-order valence-corrected chi connectivity index (χ2v) is 1.67. The molecule has 0 aromatic rings. The third kappa shape index (κ3) is 15.8. The zero-order valence-electron chi connectivity index (χ0n) is 6.69. The summed E-state index contributed by atoms with van der Waals surface area (Å²) in [6.07, 6.45) is 2.40. The van der Waals surface area contributed by atoms with Crippen LogP contribution in [0.25, 0.3) is 0 Å². The van der Waals surface area contributed by atoms with E-state index in [2.05, 4.69) is 0 Å². The Labute approximate surface area is 70.1 Å². The van der Waals surface area contributed by atoms with E-state index in [0.717, 1.165) is 0 Å². The van der Waals surface area contributed by atoms with Crippen molar-refractivity contribution in [3.63, 3.8) is 0 Å². The molecule has 8 N–H and O–H groups in total.